The number of ether oxygens (including phenoxy) is 1. The molecule has 4 rings (SSSR count). The molecule has 0 N–H and O–H groups in total. The van der Waals surface area contributed by atoms with Crippen LogP contribution in [0.1, 0.15) is 40.1 Å². The molecule has 0 aliphatic heterocycles. The first kappa shape index (κ1) is 14.8. The van der Waals surface area contributed by atoms with E-state index >= 15 is 0 Å². The molecule has 5 heteroatoms. The largest absolute Gasteiger partial charge is 0.457 e. The van der Waals surface area contributed by atoms with Crippen LogP contribution < -0.4 is 10.4 Å². The summed E-state index contributed by atoms with van der Waals surface area (Å²) in [7, 11) is 0. The maximum atomic E-state index is 12.3. The topological polar surface area (TPSA) is 69.7 Å². The van der Waals surface area contributed by atoms with E-state index in [4.69, 9.17) is 13.6 Å². The van der Waals surface area contributed by atoms with Gasteiger partial charge >= 0.3 is 11.6 Å². The van der Waals surface area contributed by atoms with E-state index in [0.29, 0.717) is 16.9 Å². The van der Waals surface area contributed by atoms with Gasteiger partial charge < -0.3 is 13.6 Å². The van der Waals surface area contributed by atoms with Crippen molar-refractivity contribution < 1.29 is 18.4 Å². The second-order valence-corrected chi connectivity index (χ2v) is 5.99. The van der Waals surface area contributed by atoms with Gasteiger partial charge in [0.05, 0.1) is 6.26 Å². The first-order valence-electron chi connectivity index (χ1n) is 7.99. The van der Waals surface area contributed by atoms with E-state index in [1.807, 2.05) is 6.07 Å². The minimum atomic E-state index is -0.581. The van der Waals surface area contributed by atoms with Crippen molar-refractivity contribution in [3.05, 3.63) is 63.4 Å². The van der Waals surface area contributed by atoms with E-state index in [9.17, 15) is 9.59 Å². The molecule has 0 atom stereocenters. The van der Waals surface area contributed by atoms with Crippen LogP contribution in [0.25, 0.3) is 11.0 Å². The summed E-state index contributed by atoms with van der Waals surface area (Å²) in [5.74, 6) is -0.0908. The van der Waals surface area contributed by atoms with E-state index < -0.39 is 5.97 Å². The summed E-state index contributed by atoms with van der Waals surface area (Å²) in [6.07, 6.45) is 5.14. The molecule has 0 saturated heterocycles. The van der Waals surface area contributed by atoms with E-state index in [1.165, 1.54) is 12.3 Å². The Morgan fingerprint density at radius 1 is 1.12 bits per heavy atom. The van der Waals surface area contributed by atoms with Crippen LogP contribution in [-0.2, 0) is 12.8 Å². The van der Waals surface area contributed by atoms with Crippen LogP contribution in [0.5, 0.6) is 5.75 Å². The van der Waals surface area contributed by atoms with Crippen molar-refractivity contribution in [2.24, 2.45) is 0 Å². The third-order valence-corrected chi connectivity index (χ3v) is 4.52. The molecule has 5 nitrogen and oxygen atoms in total. The Balaban J connectivity index is 1.81. The van der Waals surface area contributed by atoms with E-state index in [0.717, 1.165) is 42.2 Å². The number of furan rings is 1. The first-order chi connectivity index (χ1) is 11.6. The lowest BCUT2D eigenvalue weighted by Crippen LogP contribution is -2.16. The van der Waals surface area contributed by atoms with Gasteiger partial charge in [0.2, 0.25) is 5.76 Å². The number of hydrogen-bond donors (Lipinski definition) is 0. The summed E-state index contributed by atoms with van der Waals surface area (Å²) in [6.45, 7) is 1.78. The van der Waals surface area contributed by atoms with E-state index in [1.54, 1.807) is 19.1 Å². The molecule has 24 heavy (non-hydrogen) atoms. The average Bonchev–Trinajstić information content (AvgIpc) is 3.13. The third kappa shape index (κ3) is 2.33. The smallest absolute Gasteiger partial charge is 0.379 e. The molecule has 0 unspecified atom stereocenters. The molecular formula is C19H16O5. The van der Waals surface area contributed by atoms with Gasteiger partial charge in [-0.3, -0.25) is 0 Å². The number of esters is 1. The van der Waals surface area contributed by atoms with Crippen molar-refractivity contribution in [2.45, 2.75) is 32.6 Å². The maximum absolute atomic E-state index is 12.3. The van der Waals surface area contributed by atoms with Gasteiger partial charge in [-0.05, 0) is 62.4 Å². The Hall–Kier alpha value is -2.82. The number of carbonyl (C=O) groups is 1. The highest BCUT2D eigenvalue weighted by atomic mass is 16.5. The molecule has 2 aromatic heterocycles. The molecular weight excluding hydrogens is 308 g/mol. The summed E-state index contributed by atoms with van der Waals surface area (Å²) in [6, 6.07) is 6.76. The fourth-order valence-corrected chi connectivity index (χ4v) is 3.28. The molecule has 1 aliphatic rings. The normalized spacial score (nSPS) is 13.7. The minimum Gasteiger partial charge on any atom is -0.457 e. The minimum absolute atomic E-state index is 0.126. The highest BCUT2D eigenvalue weighted by Crippen LogP contribution is 2.32. The number of benzene rings is 1. The van der Waals surface area contributed by atoms with Gasteiger partial charge in [0.1, 0.15) is 11.3 Å². The van der Waals surface area contributed by atoms with Crippen molar-refractivity contribution in [3.63, 3.8) is 0 Å². The molecule has 0 radical (unpaired) electrons. The number of fused-ring (bicyclic) bond motifs is 3. The Bertz CT molecular complexity index is 979. The zero-order valence-corrected chi connectivity index (χ0v) is 13.3. The summed E-state index contributed by atoms with van der Waals surface area (Å²) >= 11 is 0. The molecule has 0 fully saturated rings. The summed E-state index contributed by atoms with van der Waals surface area (Å²) < 4.78 is 16.0. The predicted octanol–water partition coefficient (Wildman–Crippen LogP) is 3.79. The Morgan fingerprint density at radius 3 is 2.67 bits per heavy atom. The molecule has 0 saturated carbocycles. The number of rotatable bonds is 2. The molecule has 3 aromatic rings. The summed E-state index contributed by atoms with van der Waals surface area (Å²) in [5.41, 5.74) is 2.70. The van der Waals surface area contributed by atoms with Crippen LogP contribution in [0.15, 0.2) is 44.2 Å². The molecule has 0 spiro atoms. The lowest BCUT2D eigenvalue weighted by molar-refractivity contribution is 0.0700. The third-order valence-electron chi connectivity index (χ3n) is 4.52. The second kappa shape index (κ2) is 5.67. The van der Waals surface area contributed by atoms with Gasteiger partial charge in [-0.1, -0.05) is 0 Å². The van der Waals surface area contributed by atoms with E-state index in [2.05, 4.69) is 0 Å². The standard InChI is InChI=1S/C19H16O5/c1-11-15(23-19(21)16-7-4-10-22-16)9-8-13-12-5-2-3-6-14(12)18(20)24-17(11)13/h4,7-10H,2-3,5-6H2,1H3. The average molecular weight is 324 g/mol. The lowest BCUT2D eigenvalue weighted by Gasteiger charge is -2.17. The highest BCUT2D eigenvalue weighted by Gasteiger charge is 2.21. The zero-order valence-electron chi connectivity index (χ0n) is 13.3. The first-order valence-corrected chi connectivity index (χ1v) is 7.99. The van der Waals surface area contributed by atoms with Gasteiger partial charge in [0, 0.05) is 16.5 Å². The van der Waals surface area contributed by atoms with Crippen LogP contribution in [0.2, 0.25) is 0 Å². The second-order valence-electron chi connectivity index (χ2n) is 5.99. The predicted molar refractivity (Wildman–Crippen MR) is 87.5 cm³/mol. The monoisotopic (exact) mass is 324 g/mol. The Labute approximate surface area is 137 Å². The van der Waals surface area contributed by atoms with Gasteiger partial charge in [0.15, 0.2) is 0 Å². The van der Waals surface area contributed by atoms with Crippen LogP contribution in [-0.4, -0.2) is 5.97 Å². The van der Waals surface area contributed by atoms with E-state index in [-0.39, 0.29) is 11.4 Å². The van der Waals surface area contributed by atoms with Gasteiger partial charge in [-0.2, -0.15) is 0 Å². The number of hydrogen-bond acceptors (Lipinski definition) is 5. The van der Waals surface area contributed by atoms with Crippen LogP contribution in [0, 0.1) is 6.92 Å². The van der Waals surface area contributed by atoms with Crippen molar-refractivity contribution in [2.75, 3.05) is 0 Å². The van der Waals surface area contributed by atoms with Gasteiger partial charge in [-0.25, -0.2) is 9.59 Å². The Morgan fingerprint density at radius 2 is 1.92 bits per heavy atom. The molecule has 2 heterocycles. The van der Waals surface area contributed by atoms with Crippen LogP contribution in [0.4, 0.5) is 0 Å². The fraction of sp³-hybridized carbons (Fsp3) is 0.263. The van der Waals surface area contributed by atoms with Gasteiger partial charge in [0.25, 0.3) is 0 Å². The fourth-order valence-electron chi connectivity index (χ4n) is 3.28. The number of aryl methyl sites for hydroxylation is 2. The lowest BCUT2D eigenvalue weighted by atomic mass is 9.90. The summed E-state index contributed by atoms with van der Waals surface area (Å²) in [4.78, 5) is 24.3. The molecule has 0 amide bonds. The molecule has 122 valence electrons. The van der Waals surface area contributed by atoms with Crippen molar-refractivity contribution >= 4 is 16.9 Å². The Kier molecular flexibility index (Phi) is 3.49. The SMILES string of the molecule is Cc1c(OC(=O)c2ccco2)ccc2c3c(c(=O)oc12)CCCC3. The molecule has 0 bridgehead atoms. The molecule has 1 aliphatic carbocycles. The van der Waals surface area contributed by atoms with Gasteiger partial charge in [-0.15, -0.1) is 0 Å². The quantitative estimate of drug-likeness (QED) is 0.407. The van der Waals surface area contributed by atoms with Crippen molar-refractivity contribution in [1.29, 1.82) is 0 Å². The number of carbonyl (C=O) groups excluding carboxylic acids is 1. The molecule has 1 aromatic carbocycles. The van der Waals surface area contributed by atoms with Crippen molar-refractivity contribution in [1.82, 2.24) is 0 Å². The maximum Gasteiger partial charge on any atom is 0.379 e. The summed E-state index contributed by atoms with van der Waals surface area (Å²) in [5, 5.41) is 0.930. The highest BCUT2D eigenvalue weighted by molar-refractivity contribution is 5.90. The zero-order chi connectivity index (χ0) is 16.7. The van der Waals surface area contributed by atoms with Crippen LogP contribution >= 0.6 is 0 Å². The van der Waals surface area contributed by atoms with Crippen molar-refractivity contribution in [3.8, 4) is 5.75 Å². The van der Waals surface area contributed by atoms with Crippen LogP contribution in [0.3, 0.4) is 0 Å².